The van der Waals surface area contributed by atoms with Crippen LogP contribution in [0.5, 0.6) is 0 Å². The van der Waals surface area contributed by atoms with Gasteiger partial charge in [-0.25, -0.2) is 0 Å². The van der Waals surface area contributed by atoms with Crippen LogP contribution < -0.4 is 5.32 Å². The summed E-state index contributed by atoms with van der Waals surface area (Å²) in [5, 5.41) is 3.56. The molecule has 2 nitrogen and oxygen atoms in total. The first kappa shape index (κ1) is 12.3. The van der Waals surface area contributed by atoms with Gasteiger partial charge >= 0.3 is 0 Å². The minimum atomic E-state index is 0.162. The standard InChI is InChI=1S/C13H23NO/c1-12(2,3)10-13(4,5)14-8-11-6-7-15-9-11/h6-7,9,14H,8,10H2,1-5H3. The van der Waals surface area contributed by atoms with E-state index in [9.17, 15) is 0 Å². The van der Waals surface area contributed by atoms with Gasteiger partial charge in [-0.1, -0.05) is 20.8 Å². The molecule has 0 amide bonds. The van der Waals surface area contributed by atoms with E-state index in [1.54, 1.807) is 12.5 Å². The van der Waals surface area contributed by atoms with E-state index < -0.39 is 0 Å². The summed E-state index contributed by atoms with van der Waals surface area (Å²) in [6.07, 6.45) is 4.66. The Balaban J connectivity index is 2.43. The van der Waals surface area contributed by atoms with Gasteiger partial charge in [0.05, 0.1) is 12.5 Å². The molecule has 1 heterocycles. The molecule has 0 saturated heterocycles. The Morgan fingerprint density at radius 1 is 1.20 bits per heavy atom. The minimum absolute atomic E-state index is 0.162. The second kappa shape index (κ2) is 4.40. The van der Waals surface area contributed by atoms with Gasteiger partial charge in [0.2, 0.25) is 0 Å². The fraction of sp³-hybridized carbons (Fsp3) is 0.692. The van der Waals surface area contributed by atoms with Crippen LogP contribution in [0.1, 0.15) is 46.6 Å². The van der Waals surface area contributed by atoms with Crippen LogP contribution in [0, 0.1) is 5.41 Å². The van der Waals surface area contributed by atoms with Gasteiger partial charge in [-0.2, -0.15) is 0 Å². The maximum absolute atomic E-state index is 5.04. The van der Waals surface area contributed by atoms with E-state index in [-0.39, 0.29) is 5.54 Å². The first-order chi connectivity index (χ1) is 6.79. The van der Waals surface area contributed by atoms with Crippen molar-refractivity contribution in [3.8, 4) is 0 Å². The average molecular weight is 209 g/mol. The summed E-state index contributed by atoms with van der Waals surface area (Å²) < 4.78 is 5.04. The van der Waals surface area contributed by atoms with Crippen molar-refractivity contribution in [2.24, 2.45) is 5.41 Å². The fourth-order valence-electron chi connectivity index (χ4n) is 2.12. The third-order valence-electron chi connectivity index (χ3n) is 2.32. The zero-order valence-corrected chi connectivity index (χ0v) is 10.6. The van der Waals surface area contributed by atoms with Crippen molar-refractivity contribution in [3.05, 3.63) is 24.2 Å². The maximum atomic E-state index is 5.04. The molecule has 0 bridgehead atoms. The predicted octanol–water partition coefficient (Wildman–Crippen LogP) is 3.58. The largest absolute Gasteiger partial charge is 0.472 e. The van der Waals surface area contributed by atoms with Crippen molar-refractivity contribution in [3.63, 3.8) is 0 Å². The van der Waals surface area contributed by atoms with Crippen molar-refractivity contribution < 1.29 is 4.42 Å². The molecule has 0 aliphatic heterocycles. The second-order valence-corrected chi connectivity index (χ2v) is 6.11. The van der Waals surface area contributed by atoms with Crippen molar-refractivity contribution in [2.75, 3.05) is 0 Å². The molecule has 1 N–H and O–H groups in total. The highest BCUT2D eigenvalue weighted by atomic mass is 16.3. The van der Waals surface area contributed by atoms with Crippen LogP contribution in [0.4, 0.5) is 0 Å². The Morgan fingerprint density at radius 3 is 2.33 bits per heavy atom. The molecule has 0 saturated carbocycles. The Hall–Kier alpha value is -0.760. The third-order valence-corrected chi connectivity index (χ3v) is 2.32. The summed E-state index contributed by atoms with van der Waals surface area (Å²) in [5.41, 5.74) is 1.72. The zero-order valence-electron chi connectivity index (χ0n) is 10.6. The molecule has 0 fully saturated rings. The Labute approximate surface area is 93.1 Å². The van der Waals surface area contributed by atoms with E-state index in [2.05, 4.69) is 39.9 Å². The normalized spacial score (nSPS) is 13.1. The first-order valence-electron chi connectivity index (χ1n) is 5.55. The molecule has 1 aromatic heterocycles. The SMILES string of the molecule is CC(C)(C)CC(C)(C)NCc1ccoc1. The minimum Gasteiger partial charge on any atom is -0.472 e. The summed E-state index contributed by atoms with van der Waals surface area (Å²) in [4.78, 5) is 0. The Morgan fingerprint density at radius 2 is 1.87 bits per heavy atom. The monoisotopic (exact) mass is 209 g/mol. The molecule has 0 aromatic carbocycles. The van der Waals surface area contributed by atoms with Crippen LogP contribution in [0.2, 0.25) is 0 Å². The fourth-order valence-corrected chi connectivity index (χ4v) is 2.12. The third kappa shape index (κ3) is 5.03. The summed E-state index contributed by atoms with van der Waals surface area (Å²) >= 11 is 0. The highest BCUT2D eigenvalue weighted by Crippen LogP contribution is 2.26. The Kier molecular flexibility index (Phi) is 3.61. The summed E-state index contributed by atoms with van der Waals surface area (Å²) in [6, 6.07) is 2.00. The highest BCUT2D eigenvalue weighted by molar-refractivity contribution is 5.05. The average Bonchev–Trinajstić information content (AvgIpc) is 2.47. The van der Waals surface area contributed by atoms with E-state index in [0.717, 1.165) is 13.0 Å². The number of hydrogen-bond acceptors (Lipinski definition) is 2. The summed E-state index contributed by atoms with van der Waals surface area (Å²) in [6.45, 7) is 12.2. The molecule has 1 aromatic rings. The van der Waals surface area contributed by atoms with Crippen molar-refractivity contribution >= 4 is 0 Å². The van der Waals surface area contributed by atoms with E-state index >= 15 is 0 Å². The van der Waals surface area contributed by atoms with Gasteiger partial charge in [-0.3, -0.25) is 0 Å². The molecule has 15 heavy (non-hydrogen) atoms. The molecule has 0 spiro atoms. The van der Waals surface area contributed by atoms with Crippen LogP contribution >= 0.6 is 0 Å². The van der Waals surface area contributed by atoms with E-state index in [4.69, 9.17) is 4.42 Å². The molecule has 0 aliphatic rings. The molecule has 0 radical (unpaired) electrons. The molecule has 0 aliphatic carbocycles. The lowest BCUT2D eigenvalue weighted by Crippen LogP contribution is -2.41. The molecule has 86 valence electrons. The van der Waals surface area contributed by atoms with Gasteiger partial charge in [0.1, 0.15) is 0 Å². The van der Waals surface area contributed by atoms with Crippen molar-refractivity contribution in [1.82, 2.24) is 5.32 Å². The molecule has 1 rings (SSSR count). The quantitative estimate of drug-likeness (QED) is 0.820. The lowest BCUT2D eigenvalue weighted by Gasteiger charge is -2.33. The zero-order chi connectivity index (χ0) is 11.5. The maximum Gasteiger partial charge on any atom is 0.0947 e. The van der Waals surface area contributed by atoms with Crippen LogP contribution in [0.3, 0.4) is 0 Å². The predicted molar refractivity (Wildman–Crippen MR) is 63.7 cm³/mol. The van der Waals surface area contributed by atoms with Gasteiger partial charge in [-0.05, 0) is 31.7 Å². The van der Waals surface area contributed by atoms with E-state index in [1.165, 1.54) is 5.56 Å². The smallest absolute Gasteiger partial charge is 0.0947 e. The lowest BCUT2D eigenvalue weighted by molar-refractivity contribution is 0.240. The first-order valence-corrected chi connectivity index (χ1v) is 5.55. The van der Waals surface area contributed by atoms with Crippen molar-refractivity contribution in [2.45, 2.75) is 53.1 Å². The van der Waals surface area contributed by atoms with Crippen molar-refractivity contribution in [1.29, 1.82) is 0 Å². The van der Waals surface area contributed by atoms with Crippen LogP contribution in [-0.4, -0.2) is 5.54 Å². The number of furan rings is 1. The molecule has 0 unspecified atom stereocenters. The second-order valence-electron chi connectivity index (χ2n) is 6.11. The summed E-state index contributed by atoms with van der Waals surface area (Å²) in [5.74, 6) is 0. The van der Waals surface area contributed by atoms with Crippen LogP contribution in [0.15, 0.2) is 23.0 Å². The number of rotatable bonds is 4. The molecule has 2 heteroatoms. The summed E-state index contributed by atoms with van der Waals surface area (Å²) in [7, 11) is 0. The van der Waals surface area contributed by atoms with Gasteiger partial charge in [0.15, 0.2) is 0 Å². The van der Waals surface area contributed by atoms with Gasteiger partial charge in [0, 0.05) is 17.6 Å². The van der Waals surface area contributed by atoms with Gasteiger partial charge < -0.3 is 9.73 Å². The molecular weight excluding hydrogens is 186 g/mol. The number of hydrogen-bond donors (Lipinski definition) is 1. The Bertz CT molecular complexity index is 280. The van der Waals surface area contributed by atoms with Gasteiger partial charge in [-0.15, -0.1) is 0 Å². The van der Waals surface area contributed by atoms with Crippen LogP contribution in [0.25, 0.3) is 0 Å². The van der Waals surface area contributed by atoms with E-state index in [1.807, 2.05) is 6.07 Å². The van der Waals surface area contributed by atoms with E-state index in [0.29, 0.717) is 5.41 Å². The highest BCUT2D eigenvalue weighted by Gasteiger charge is 2.24. The van der Waals surface area contributed by atoms with Crippen LogP contribution in [-0.2, 0) is 6.54 Å². The topological polar surface area (TPSA) is 25.2 Å². The number of nitrogens with one attached hydrogen (secondary N) is 1. The molecule has 0 atom stereocenters. The molecular formula is C13H23NO. The van der Waals surface area contributed by atoms with Gasteiger partial charge in [0.25, 0.3) is 0 Å². The lowest BCUT2D eigenvalue weighted by atomic mass is 9.82.